The number of ether oxygens (including phenoxy) is 1. The summed E-state index contributed by atoms with van der Waals surface area (Å²) in [6, 6.07) is 6.90. The minimum absolute atomic E-state index is 0.119. The maximum atomic E-state index is 12.8. The van der Waals surface area contributed by atoms with Gasteiger partial charge in [-0.25, -0.2) is 4.79 Å². The first-order valence-electron chi connectivity index (χ1n) is 10.5. The SMILES string of the molecule is CC(C)C[C@H](NC(=O)[C@H](C)NC(=O)OC(C)(C)C)C(=O)NC(C=O)Cc1ccccc1. The maximum absolute atomic E-state index is 12.8. The first-order chi connectivity index (χ1) is 14.4. The Labute approximate surface area is 184 Å². The molecule has 0 aliphatic rings. The number of hydrogen-bond acceptors (Lipinski definition) is 5. The predicted octanol–water partition coefficient (Wildman–Crippen LogP) is 2.36. The number of carbonyl (C=O) groups is 4. The van der Waals surface area contributed by atoms with Crippen LogP contribution >= 0.6 is 0 Å². The molecule has 0 fully saturated rings. The van der Waals surface area contributed by atoms with Gasteiger partial charge in [-0.2, -0.15) is 0 Å². The van der Waals surface area contributed by atoms with E-state index in [9.17, 15) is 19.2 Å². The van der Waals surface area contributed by atoms with E-state index in [0.717, 1.165) is 5.56 Å². The van der Waals surface area contributed by atoms with Crippen LogP contribution in [0.5, 0.6) is 0 Å². The molecule has 0 radical (unpaired) electrons. The zero-order valence-electron chi connectivity index (χ0n) is 19.2. The fourth-order valence-electron chi connectivity index (χ4n) is 2.83. The van der Waals surface area contributed by atoms with Crippen LogP contribution in [0, 0.1) is 5.92 Å². The van der Waals surface area contributed by atoms with Crippen molar-refractivity contribution in [3.63, 3.8) is 0 Å². The van der Waals surface area contributed by atoms with Crippen molar-refractivity contribution in [2.75, 3.05) is 0 Å². The summed E-state index contributed by atoms with van der Waals surface area (Å²) in [5.74, 6) is -0.842. The molecule has 0 bridgehead atoms. The lowest BCUT2D eigenvalue weighted by Gasteiger charge is -2.25. The molecule has 0 saturated carbocycles. The average Bonchev–Trinajstić information content (AvgIpc) is 2.65. The third-order valence-electron chi connectivity index (χ3n) is 4.26. The molecule has 1 rings (SSSR count). The van der Waals surface area contributed by atoms with E-state index in [0.29, 0.717) is 19.1 Å². The molecule has 3 amide bonds. The Morgan fingerprint density at radius 1 is 0.968 bits per heavy atom. The van der Waals surface area contributed by atoms with Gasteiger partial charge in [0.1, 0.15) is 24.0 Å². The van der Waals surface area contributed by atoms with E-state index >= 15 is 0 Å². The first kappa shape index (κ1) is 26.1. The quantitative estimate of drug-likeness (QED) is 0.490. The number of amides is 3. The second-order valence-electron chi connectivity index (χ2n) is 9.00. The molecule has 172 valence electrons. The van der Waals surface area contributed by atoms with Gasteiger partial charge < -0.3 is 25.5 Å². The highest BCUT2D eigenvalue weighted by Crippen LogP contribution is 2.09. The molecule has 0 spiro atoms. The molecule has 0 heterocycles. The normalized spacial score (nSPS) is 14.2. The molecule has 31 heavy (non-hydrogen) atoms. The van der Waals surface area contributed by atoms with E-state index in [-0.39, 0.29) is 5.92 Å². The van der Waals surface area contributed by atoms with Gasteiger partial charge >= 0.3 is 6.09 Å². The molecular formula is C23H35N3O5. The fraction of sp³-hybridized carbons (Fsp3) is 0.565. The van der Waals surface area contributed by atoms with Crippen molar-refractivity contribution in [2.45, 2.75) is 78.1 Å². The summed E-state index contributed by atoms with van der Waals surface area (Å²) in [6.07, 6.45) is 0.706. The van der Waals surface area contributed by atoms with Gasteiger partial charge in [0.05, 0.1) is 6.04 Å². The standard InChI is InChI=1S/C23H35N3O5/c1-15(2)12-19(26-20(28)16(3)24-22(30)31-23(4,5)6)21(29)25-18(14-27)13-17-10-8-7-9-11-17/h7-11,14-16,18-19H,12-13H2,1-6H3,(H,24,30)(H,25,29)(H,26,28)/t16-,18?,19-/m0/s1. The zero-order chi connectivity index (χ0) is 23.6. The Hall–Kier alpha value is -2.90. The van der Waals surface area contributed by atoms with Crippen LogP contribution in [0.15, 0.2) is 30.3 Å². The number of alkyl carbamates (subject to hydrolysis) is 1. The van der Waals surface area contributed by atoms with Crippen LogP contribution in [-0.2, 0) is 25.5 Å². The molecule has 8 nitrogen and oxygen atoms in total. The third-order valence-corrected chi connectivity index (χ3v) is 4.26. The Morgan fingerprint density at radius 3 is 2.10 bits per heavy atom. The third kappa shape index (κ3) is 10.6. The average molecular weight is 434 g/mol. The minimum atomic E-state index is -0.900. The van der Waals surface area contributed by atoms with E-state index in [2.05, 4.69) is 16.0 Å². The Kier molecular flexibility index (Phi) is 10.2. The number of hydrogen-bond donors (Lipinski definition) is 3. The molecule has 8 heteroatoms. The van der Waals surface area contributed by atoms with Crippen molar-refractivity contribution in [3.05, 3.63) is 35.9 Å². The lowest BCUT2D eigenvalue weighted by molar-refractivity contribution is -0.131. The van der Waals surface area contributed by atoms with Crippen LogP contribution < -0.4 is 16.0 Å². The molecule has 1 aromatic rings. The molecule has 0 saturated heterocycles. The highest BCUT2D eigenvalue weighted by Gasteiger charge is 2.27. The molecule has 3 atom stereocenters. The summed E-state index contributed by atoms with van der Waals surface area (Å²) in [7, 11) is 0. The van der Waals surface area contributed by atoms with Gasteiger partial charge in [0.15, 0.2) is 0 Å². The fourth-order valence-corrected chi connectivity index (χ4v) is 2.83. The molecular weight excluding hydrogens is 398 g/mol. The smallest absolute Gasteiger partial charge is 0.408 e. The van der Waals surface area contributed by atoms with Gasteiger partial charge in [0, 0.05) is 0 Å². The zero-order valence-corrected chi connectivity index (χ0v) is 19.2. The van der Waals surface area contributed by atoms with Crippen molar-refractivity contribution in [2.24, 2.45) is 5.92 Å². The van der Waals surface area contributed by atoms with Gasteiger partial charge in [-0.1, -0.05) is 44.2 Å². The van der Waals surface area contributed by atoms with Crippen LogP contribution in [0.2, 0.25) is 0 Å². The van der Waals surface area contributed by atoms with Crippen molar-refractivity contribution in [1.82, 2.24) is 16.0 Å². The molecule has 0 aromatic heterocycles. The van der Waals surface area contributed by atoms with Gasteiger partial charge in [-0.15, -0.1) is 0 Å². The van der Waals surface area contributed by atoms with Crippen LogP contribution in [0.25, 0.3) is 0 Å². The number of carbonyl (C=O) groups excluding carboxylic acids is 4. The Balaban J connectivity index is 2.75. The summed E-state index contributed by atoms with van der Waals surface area (Å²) in [6.45, 7) is 10.5. The summed E-state index contributed by atoms with van der Waals surface area (Å²) in [4.78, 5) is 48.8. The number of benzene rings is 1. The van der Waals surface area contributed by atoms with Crippen molar-refractivity contribution in [1.29, 1.82) is 0 Å². The van der Waals surface area contributed by atoms with Crippen LogP contribution in [0.4, 0.5) is 4.79 Å². The first-order valence-corrected chi connectivity index (χ1v) is 10.5. The van der Waals surface area contributed by atoms with Crippen molar-refractivity contribution in [3.8, 4) is 0 Å². The Morgan fingerprint density at radius 2 is 1.58 bits per heavy atom. The van der Waals surface area contributed by atoms with Gasteiger partial charge in [0.25, 0.3) is 0 Å². The van der Waals surface area contributed by atoms with Gasteiger partial charge in [-0.3, -0.25) is 9.59 Å². The lowest BCUT2D eigenvalue weighted by atomic mass is 10.0. The van der Waals surface area contributed by atoms with Gasteiger partial charge in [0.2, 0.25) is 11.8 Å². The van der Waals surface area contributed by atoms with Crippen LogP contribution in [-0.4, -0.2) is 47.9 Å². The van der Waals surface area contributed by atoms with Gasteiger partial charge in [-0.05, 0) is 52.0 Å². The summed E-state index contributed by atoms with van der Waals surface area (Å²) in [5.41, 5.74) is 0.225. The highest BCUT2D eigenvalue weighted by molar-refractivity contribution is 5.92. The lowest BCUT2D eigenvalue weighted by Crippen LogP contribution is -2.55. The largest absolute Gasteiger partial charge is 0.444 e. The molecule has 0 aliphatic heterocycles. The van der Waals surface area contributed by atoms with E-state index in [1.807, 2.05) is 44.2 Å². The number of nitrogens with one attached hydrogen (secondary N) is 3. The van der Waals surface area contributed by atoms with Crippen LogP contribution in [0.3, 0.4) is 0 Å². The van der Waals surface area contributed by atoms with Crippen molar-refractivity contribution < 1.29 is 23.9 Å². The van der Waals surface area contributed by atoms with E-state index in [1.165, 1.54) is 6.92 Å². The second kappa shape index (κ2) is 12.1. The highest BCUT2D eigenvalue weighted by atomic mass is 16.6. The second-order valence-corrected chi connectivity index (χ2v) is 9.00. The van der Waals surface area contributed by atoms with E-state index in [1.54, 1.807) is 20.8 Å². The molecule has 3 N–H and O–H groups in total. The summed E-state index contributed by atoms with van der Waals surface area (Å²) < 4.78 is 5.15. The maximum Gasteiger partial charge on any atom is 0.408 e. The molecule has 0 aliphatic carbocycles. The topological polar surface area (TPSA) is 114 Å². The summed E-state index contributed by atoms with van der Waals surface area (Å²) >= 11 is 0. The van der Waals surface area contributed by atoms with Crippen LogP contribution in [0.1, 0.15) is 53.5 Å². The van der Waals surface area contributed by atoms with E-state index < -0.39 is 41.6 Å². The Bertz CT molecular complexity index is 743. The predicted molar refractivity (Wildman–Crippen MR) is 118 cm³/mol. The van der Waals surface area contributed by atoms with E-state index in [4.69, 9.17) is 4.74 Å². The monoisotopic (exact) mass is 433 g/mol. The molecule has 1 aromatic carbocycles. The van der Waals surface area contributed by atoms with Crippen molar-refractivity contribution >= 4 is 24.2 Å². The summed E-state index contributed by atoms with van der Waals surface area (Å²) in [5, 5.41) is 7.83. The number of aldehydes is 1. The number of rotatable bonds is 10. The minimum Gasteiger partial charge on any atom is -0.444 e. The molecule has 1 unspecified atom stereocenters.